The molecular formula is C22H28N2O2. The minimum absolute atomic E-state index is 0.00749. The molecule has 0 saturated heterocycles. The Balaban J connectivity index is 1.40. The van der Waals surface area contributed by atoms with Gasteiger partial charge in [-0.2, -0.15) is 0 Å². The van der Waals surface area contributed by atoms with Crippen LogP contribution in [0.3, 0.4) is 0 Å². The summed E-state index contributed by atoms with van der Waals surface area (Å²) in [6, 6.07) is 16.3. The van der Waals surface area contributed by atoms with E-state index in [0.29, 0.717) is 11.8 Å². The molecule has 0 spiro atoms. The van der Waals surface area contributed by atoms with Gasteiger partial charge in [0.2, 0.25) is 0 Å². The van der Waals surface area contributed by atoms with Gasteiger partial charge in [-0.25, -0.2) is 0 Å². The molecule has 0 unspecified atom stereocenters. The summed E-state index contributed by atoms with van der Waals surface area (Å²) in [4.78, 5) is 12.0. The second-order valence-electron chi connectivity index (χ2n) is 7.06. The maximum atomic E-state index is 12.0. The van der Waals surface area contributed by atoms with E-state index in [-0.39, 0.29) is 12.5 Å². The lowest BCUT2D eigenvalue weighted by molar-refractivity contribution is -0.118. The van der Waals surface area contributed by atoms with Gasteiger partial charge in [0, 0.05) is 18.3 Å². The molecule has 138 valence electrons. The van der Waals surface area contributed by atoms with E-state index < -0.39 is 0 Å². The minimum atomic E-state index is -0.156. The molecule has 0 bridgehead atoms. The zero-order valence-electron chi connectivity index (χ0n) is 15.5. The lowest BCUT2D eigenvalue weighted by atomic mass is 9.95. The number of amides is 1. The quantitative estimate of drug-likeness (QED) is 0.775. The highest BCUT2D eigenvalue weighted by Gasteiger charge is 2.12. The maximum Gasteiger partial charge on any atom is 0.262 e. The van der Waals surface area contributed by atoms with E-state index in [1.54, 1.807) is 0 Å². The first-order chi connectivity index (χ1) is 12.7. The number of benzene rings is 2. The molecule has 2 aromatic carbocycles. The average molecular weight is 352 g/mol. The van der Waals surface area contributed by atoms with Crippen molar-refractivity contribution in [1.29, 1.82) is 0 Å². The van der Waals surface area contributed by atoms with Crippen LogP contribution in [-0.4, -0.2) is 18.6 Å². The first-order valence-electron chi connectivity index (χ1n) is 9.51. The van der Waals surface area contributed by atoms with Crippen LogP contribution in [0.5, 0.6) is 5.75 Å². The van der Waals surface area contributed by atoms with E-state index in [0.717, 1.165) is 17.8 Å². The Morgan fingerprint density at radius 1 is 1.00 bits per heavy atom. The van der Waals surface area contributed by atoms with E-state index in [2.05, 4.69) is 22.8 Å². The van der Waals surface area contributed by atoms with Crippen molar-refractivity contribution in [2.75, 3.05) is 11.9 Å². The van der Waals surface area contributed by atoms with Gasteiger partial charge in [0.05, 0.1) is 0 Å². The Labute approximate surface area is 156 Å². The number of hydrogen-bond donors (Lipinski definition) is 2. The summed E-state index contributed by atoms with van der Waals surface area (Å²) in [6.45, 7) is 2.91. The molecule has 0 radical (unpaired) electrons. The Morgan fingerprint density at radius 2 is 1.69 bits per heavy atom. The van der Waals surface area contributed by atoms with Gasteiger partial charge in [-0.05, 0) is 49.6 Å². The van der Waals surface area contributed by atoms with Crippen LogP contribution in [0.4, 0.5) is 5.69 Å². The number of anilines is 1. The van der Waals surface area contributed by atoms with Crippen LogP contribution in [0.25, 0.3) is 0 Å². The van der Waals surface area contributed by atoms with Crippen molar-refractivity contribution in [2.45, 2.75) is 51.6 Å². The van der Waals surface area contributed by atoms with Gasteiger partial charge < -0.3 is 15.4 Å². The van der Waals surface area contributed by atoms with E-state index in [9.17, 15) is 4.79 Å². The number of ether oxygens (including phenoxy) is 1. The average Bonchev–Trinajstić information content (AvgIpc) is 2.68. The molecule has 1 saturated carbocycles. The highest BCUT2D eigenvalue weighted by molar-refractivity contribution is 5.91. The fourth-order valence-corrected chi connectivity index (χ4v) is 3.26. The van der Waals surface area contributed by atoms with E-state index in [1.165, 1.54) is 37.7 Å². The summed E-state index contributed by atoms with van der Waals surface area (Å²) in [6.07, 6.45) is 6.64. The van der Waals surface area contributed by atoms with Gasteiger partial charge in [-0.3, -0.25) is 4.79 Å². The van der Waals surface area contributed by atoms with Gasteiger partial charge in [-0.15, -0.1) is 0 Å². The smallest absolute Gasteiger partial charge is 0.262 e. The van der Waals surface area contributed by atoms with Crippen molar-refractivity contribution in [3.63, 3.8) is 0 Å². The first kappa shape index (κ1) is 18.5. The van der Waals surface area contributed by atoms with Crippen molar-refractivity contribution in [2.24, 2.45) is 0 Å². The summed E-state index contributed by atoms with van der Waals surface area (Å²) in [5.74, 6) is 0.558. The number of aryl methyl sites for hydroxylation is 1. The zero-order valence-corrected chi connectivity index (χ0v) is 15.5. The maximum absolute atomic E-state index is 12.0. The molecule has 0 heterocycles. The van der Waals surface area contributed by atoms with Gasteiger partial charge in [0.15, 0.2) is 6.61 Å². The van der Waals surface area contributed by atoms with E-state index in [1.807, 2.05) is 43.3 Å². The summed E-state index contributed by atoms with van der Waals surface area (Å²) in [5, 5.41) is 6.47. The largest absolute Gasteiger partial charge is 0.484 e. The number of hydrogen-bond acceptors (Lipinski definition) is 3. The predicted octanol–water partition coefficient (Wildman–Crippen LogP) is 4.43. The van der Waals surface area contributed by atoms with Crippen molar-refractivity contribution >= 4 is 11.6 Å². The number of nitrogens with one attached hydrogen (secondary N) is 2. The zero-order chi connectivity index (χ0) is 18.2. The molecule has 3 rings (SSSR count). The standard InChI is InChI=1S/C22H28N2O2/c1-17-7-11-20(12-8-17)24-22(25)16-26-21-13-9-18(10-14-21)15-23-19-5-3-2-4-6-19/h7-14,19,23H,2-6,15-16H2,1H3,(H,24,25). The third-order valence-electron chi connectivity index (χ3n) is 4.83. The Bertz CT molecular complexity index is 689. The van der Waals surface area contributed by atoms with Gasteiger partial charge in [0.1, 0.15) is 5.75 Å². The third kappa shape index (κ3) is 5.88. The molecular weight excluding hydrogens is 324 g/mol. The number of carbonyl (C=O) groups is 1. The second kappa shape index (κ2) is 9.39. The van der Waals surface area contributed by atoms with Gasteiger partial charge >= 0.3 is 0 Å². The van der Waals surface area contributed by atoms with Crippen LogP contribution in [0.15, 0.2) is 48.5 Å². The summed E-state index contributed by atoms with van der Waals surface area (Å²) >= 11 is 0. The molecule has 1 fully saturated rings. The van der Waals surface area contributed by atoms with Crippen LogP contribution < -0.4 is 15.4 Å². The minimum Gasteiger partial charge on any atom is -0.484 e. The van der Waals surface area contributed by atoms with E-state index >= 15 is 0 Å². The Kier molecular flexibility index (Phi) is 6.67. The normalized spacial score (nSPS) is 14.8. The molecule has 4 heteroatoms. The van der Waals surface area contributed by atoms with Crippen LogP contribution >= 0.6 is 0 Å². The monoisotopic (exact) mass is 352 g/mol. The lowest BCUT2D eigenvalue weighted by Gasteiger charge is -2.22. The molecule has 2 aromatic rings. The molecule has 1 aliphatic rings. The highest BCUT2D eigenvalue weighted by Crippen LogP contribution is 2.18. The van der Waals surface area contributed by atoms with Crippen molar-refractivity contribution < 1.29 is 9.53 Å². The van der Waals surface area contributed by atoms with Gasteiger partial charge in [0.25, 0.3) is 5.91 Å². The van der Waals surface area contributed by atoms with Crippen LogP contribution in [0.2, 0.25) is 0 Å². The highest BCUT2D eigenvalue weighted by atomic mass is 16.5. The Morgan fingerprint density at radius 3 is 2.38 bits per heavy atom. The molecule has 0 aromatic heterocycles. The summed E-state index contributed by atoms with van der Waals surface area (Å²) < 4.78 is 5.58. The number of carbonyl (C=O) groups excluding carboxylic acids is 1. The van der Waals surface area contributed by atoms with Crippen LogP contribution in [0.1, 0.15) is 43.2 Å². The topological polar surface area (TPSA) is 50.4 Å². The van der Waals surface area contributed by atoms with Gasteiger partial charge in [-0.1, -0.05) is 49.1 Å². The summed E-state index contributed by atoms with van der Waals surface area (Å²) in [7, 11) is 0. The second-order valence-corrected chi connectivity index (χ2v) is 7.06. The molecule has 0 atom stereocenters. The fourth-order valence-electron chi connectivity index (χ4n) is 3.26. The van der Waals surface area contributed by atoms with Crippen molar-refractivity contribution in [1.82, 2.24) is 5.32 Å². The fraction of sp³-hybridized carbons (Fsp3) is 0.409. The number of rotatable bonds is 7. The molecule has 1 amide bonds. The van der Waals surface area contributed by atoms with Crippen LogP contribution in [-0.2, 0) is 11.3 Å². The molecule has 4 nitrogen and oxygen atoms in total. The Hall–Kier alpha value is -2.33. The SMILES string of the molecule is Cc1ccc(NC(=O)COc2ccc(CNC3CCCCC3)cc2)cc1. The van der Waals surface area contributed by atoms with Crippen molar-refractivity contribution in [3.05, 3.63) is 59.7 Å². The summed E-state index contributed by atoms with van der Waals surface area (Å²) in [5.41, 5.74) is 3.19. The van der Waals surface area contributed by atoms with E-state index in [4.69, 9.17) is 4.74 Å². The molecule has 2 N–H and O–H groups in total. The van der Waals surface area contributed by atoms with Crippen LogP contribution in [0, 0.1) is 6.92 Å². The third-order valence-corrected chi connectivity index (χ3v) is 4.83. The molecule has 0 aliphatic heterocycles. The lowest BCUT2D eigenvalue weighted by Crippen LogP contribution is -2.30. The first-order valence-corrected chi connectivity index (χ1v) is 9.51. The molecule has 1 aliphatic carbocycles. The molecule has 26 heavy (non-hydrogen) atoms. The van der Waals surface area contributed by atoms with Crippen molar-refractivity contribution in [3.8, 4) is 5.75 Å². The predicted molar refractivity (Wildman–Crippen MR) is 105 cm³/mol.